The van der Waals surface area contributed by atoms with Gasteiger partial charge in [-0.1, -0.05) is 36.9 Å². The Bertz CT molecular complexity index is 556. The van der Waals surface area contributed by atoms with E-state index in [9.17, 15) is 0 Å². The molecule has 1 aliphatic carbocycles. The van der Waals surface area contributed by atoms with E-state index in [-0.39, 0.29) is 0 Å². The second kappa shape index (κ2) is 5.10. The fraction of sp³-hybridized carbons (Fsp3) is 0.500. The maximum atomic E-state index is 6.35. The average Bonchev–Trinajstić information content (AvgIpc) is 2.79. The highest BCUT2D eigenvalue weighted by molar-refractivity contribution is 6.35. The van der Waals surface area contributed by atoms with E-state index in [0.717, 1.165) is 21.9 Å². The highest BCUT2D eigenvalue weighted by Crippen LogP contribution is 2.35. The monoisotopic (exact) mass is 282 g/mol. The van der Waals surface area contributed by atoms with Gasteiger partial charge in [0.25, 0.3) is 0 Å². The summed E-state index contributed by atoms with van der Waals surface area (Å²) in [5, 5.41) is 0.780. The van der Waals surface area contributed by atoms with Crippen LogP contribution in [0.15, 0.2) is 18.2 Å². The van der Waals surface area contributed by atoms with Crippen LogP contribution in [0.4, 0.5) is 0 Å². The molecule has 0 N–H and O–H groups in total. The van der Waals surface area contributed by atoms with Gasteiger partial charge in [0.15, 0.2) is 0 Å². The van der Waals surface area contributed by atoms with Gasteiger partial charge in [-0.25, -0.2) is 4.98 Å². The average molecular weight is 283 g/mol. The van der Waals surface area contributed by atoms with Gasteiger partial charge in [-0.15, -0.1) is 11.6 Å². The zero-order valence-corrected chi connectivity index (χ0v) is 11.7. The standard InChI is InChI=1S/C14H16Cl2N2/c15-9-13-17-12-8-4-7-11(16)14(12)18(13)10-5-2-1-3-6-10/h4,7-8,10H,1-3,5-6,9H2. The summed E-state index contributed by atoms with van der Waals surface area (Å²) >= 11 is 12.4. The third-order valence-corrected chi connectivity index (χ3v) is 4.34. The van der Waals surface area contributed by atoms with Crippen molar-refractivity contribution in [2.24, 2.45) is 0 Å². The predicted molar refractivity (Wildman–Crippen MR) is 76.4 cm³/mol. The number of hydrogen-bond acceptors (Lipinski definition) is 1. The van der Waals surface area contributed by atoms with Crippen LogP contribution in [0.3, 0.4) is 0 Å². The van der Waals surface area contributed by atoms with Crippen LogP contribution in [0.1, 0.15) is 44.0 Å². The van der Waals surface area contributed by atoms with Crippen molar-refractivity contribution in [1.82, 2.24) is 9.55 Å². The maximum absolute atomic E-state index is 6.35. The topological polar surface area (TPSA) is 17.8 Å². The summed E-state index contributed by atoms with van der Waals surface area (Å²) in [5.74, 6) is 1.40. The second-order valence-electron chi connectivity index (χ2n) is 4.93. The molecule has 0 saturated heterocycles. The molecule has 96 valence electrons. The number of nitrogens with zero attached hydrogens (tertiary/aromatic N) is 2. The summed E-state index contributed by atoms with van der Waals surface area (Å²) in [6.07, 6.45) is 6.33. The molecule has 0 radical (unpaired) electrons. The van der Waals surface area contributed by atoms with Crippen LogP contribution in [0.25, 0.3) is 11.0 Å². The van der Waals surface area contributed by atoms with Gasteiger partial charge in [-0.3, -0.25) is 0 Å². The lowest BCUT2D eigenvalue weighted by Gasteiger charge is -2.25. The van der Waals surface area contributed by atoms with E-state index in [0.29, 0.717) is 11.9 Å². The van der Waals surface area contributed by atoms with E-state index < -0.39 is 0 Å². The van der Waals surface area contributed by atoms with Gasteiger partial charge in [0.2, 0.25) is 0 Å². The quantitative estimate of drug-likeness (QED) is 0.714. The Labute approximate surface area is 117 Å². The molecule has 0 amide bonds. The van der Waals surface area contributed by atoms with Crippen molar-refractivity contribution in [3.8, 4) is 0 Å². The summed E-state index contributed by atoms with van der Waals surface area (Å²) in [6.45, 7) is 0. The number of fused-ring (bicyclic) bond motifs is 1. The van der Waals surface area contributed by atoms with Crippen LogP contribution in [-0.2, 0) is 5.88 Å². The number of alkyl halides is 1. The maximum Gasteiger partial charge on any atom is 0.125 e. The van der Waals surface area contributed by atoms with E-state index in [4.69, 9.17) is 23.2 Å². The Morgan fingerprint density at radius 1 is 1.22 bits per heavy atom. The smallest absolute Gasteiger partial charge is 0.125 e. The van der Waals surface area contributed by atoms with E-state index >= 15 is 0 Å². The Morgan fingerprint density at radius 2 is 2.00 bits per heavy atom. The third-order valence-electron chi connectivity index (χ3n) is 3.79. The number of hydrogen-bond donors (Lipinski definition) is 0. The number of benzene rings is 1. The molecule has 0 atom stereocenters. The molecular weight excluding hydrogens is 267 g/mol. The van der Waals surface area contributed by atoms with Crippen molar-refractivity contribution in [2.75, 3.05) is 0 Å². The van der Waals surface area contributed by atoms with Crippen LogP contribution in [0.2, 0.25) is 5.02 Å². The minimum Gasteiger partial charge on any atom is -0.323 e. The lowest BCUT2D eigenvalue weighted by molar-refractivity contribution is 0.354. The van der Waals surface area contributed by atoms with E-state index in [1.807, 2.05) is 18.2 Å². The van der Waals surface area contributed by atoms with Crippen LogP contribution < -0.4 is 0 Å². The molecule has 0 aliphatic heterocycles. The molecule has 1 saturated carbocycles. The van der Waals surface area contributed by atoms with Gasteiger partial charge in [-0.2, -0.15) is 0 Å². The lowest BCUT2D eigenvalue weighted by atomic mass is 9.95. The van der Waals surface area contributed by atoms with Gasteiger partial charge in [0.05, 0.1) is 21.9 Å². The minimum atomic E-state index is 0.446. The van der Waals surface area contributed by atoms with Crippen molar-refractivity contribution in [3.05, 3.63) is 29.0 Å². The van der Waals surface area contributed by atoms with Crippen LogP contribution >= 0.6 is 23.2 Å². The highest BCUT2D eigenvalue weighted by Gasteiger charge is 2.22. The molecule has 4 heteroatoms. The molecule has 1 aliphatic rings. The fourth-order valence-corrected chi connectivity index (χ4v) is 3.43. The van der Waals surface area contributed by atoms with Crippen LogP contribution in [0, 0.1) is 0 Å². The molecule has 1 aromatic heterocycles. The number of para-hydroxylation sites is 1. The highest BCUT2D eigenvalue weighted by atomic mass is 35.5. The zero-order valence-electron chi connectivity index (χ0n) is 10.2. The number of aromatic nitrogens is 2. The number of rotatable bonds is 2. The molecule has 18 heavy (non-hydrogen) atoms. The van der Waals surface area contributed by atoms with Crippen LogP contribution in [0.5, 0.6) is 0 Å². The Morgan fingerprint density at radius 3 is 2.72 bits per heavy atom. The molecular formula is C14H16Cl2N2. The minimum absolute atomic E-state index is 0.446. The SMILES string of the molecule is ClCc1nc2cccc(Cl)c2n1C1CCCCC1. The molecule has 2 nitrogen and oxygen atoms in total. The molecule has 0 bridgehead atoms. The molecule has 0 spiro atoms. The first-order valence-electron chi connectivity index (χ1n) is 6.52. The summed E-state index contributed by atoms with van der Waals surface area (Å²) in [4.78, 5) is 4.61. The van der Waals surface area contributed by atoms with E-state index in [2.05, 4.69) is 9.55 Å². The van der Waals surface area contributed by atoms with Gasteiger partial charge < -0.3 is 4.57 Å². The largest absolute Gasteiger partial charge is 0.323 e. The first kappa shape index (κ1) is 12.3. The van der Waals surface area contributed by atoms with Crippen molar-refractivity contribution >= 4 is 34.2 Å². The first-order chi connectivity index (χ1) is 8.81. The summed E-state index contributed by atoms with van der Waals surface area (Å²) in [5.41, 5.74) is 2.02. The van der Waals surface area contributed by atoms with Gasteiger partial charge in [0, 0.05) is 6.04 Å². The van der Waals surface area contributed by atoms with Gasteiger partial charge >= 0.3 is 0 Å². The zero-order chi connectivity index (χ0) is 12.5. The van der Waals surface area contributed by atoms with Crippen LogP contribution in [-0.4, -0.2) is 9.55 Å². The number of imidazole rings is 1. The van der Waals surface area contributed by atoms with Crippen molar-refractivity contribution < 1.29 is 0 Å². The first-order valence-corrected chi connectivity index (χ1v) is 7.44. The Balaban J connectivity index is 2.17. The Hall–Kier alpha value is -0.730. The second-order valence-corrected chi connectivity index (χ2v) is 5.61. The van der Waals surface area contributed by atoms with Gasteiger partial charge in [-0.05, 0) is 25.0 Å². The summed E-state index contributed by atoms with van der Waals surface area (Å²) in [7, 11) is 0. The van der Waals surface area contributed by atoms with Crippen molar-refractivity contribution in [3.63, 3.8) is 0 Å². The Kier molecular flexibility index (Phi) is 3.49. The molecule has 3 rings (SSSR count). The normalized spacial score (nSPS) is 17.4. The lowest BCUT2D eigenvalue weighted by Crippen LogP contribution is -2.15. The fourth-order valence-electron chi connectivity index (χ4n) is 2.98. The molecule has 1 fully saturated rings. The summed E-state index contributed by atoms with van der Waals surface area (Å²) in [6, 6.07) is 6.40. The number of halogens is 2. The van der Waals surface area contributed by atoms with E-state index in [1.54, 1.807) is 0 Å². The summed E-state index contributed by atoms with van der Waals surface area (Å²) < 4.78 is 2.28. The molecule has 1 heterocycles. The molecule has 1 aromatic carbocycles. The van der Waals surface area contributed by atoms with Crippen molar-refractivity contribution in [1.29, 1.82) is 0 Å². The molecule has 0 unspecified atom stereocenters. The third kappa shape index (κ3) is 2.02. The van der Waals surface area contributed by atoms with Crippen molar-refractivity contribution in [2.45, 2.75) is 44.0 Å². The van der Waals surface area contributed by atoms with Gasteiger partial charge in [0.1, 0.15) is 5.82 Å². The molecule has 2 aromatic rings. The van der Waals surface area contributed by atoms with E-state index in [1.165, 1.54) is 32.1 Å². The predicted octanol–water partition coefficient (Wildman–Crippen LogP) is 4.93.